The lowest BCUT2D eigenvalue weighted by atomic mass is 10.1. The molecule has 2 heterocycles. The predicted octanol–water partition coefficient (Wildman–Crippen LogP) is 3.26. The number of carbonyl (C=O) groups excluding carboxylic acids is 2. The van der Waals surface area contributed by atoms with Gasteiger partial charge in [0.1, 0.15) is 5.75 Å². The molecule has 0 bridgehead atoms. The van der Waals surface area contributed by atoms with Crippen LogP contribution in [0.1, 0.15) is 29.6 Å². The van der Waals surface area contributed by atoms with Gasteiger partial charge in [0.05, 0.1) is 5.69 Å². The van der Waals surface area contributed by atoms with E-state index < -0.39 is 0 Å². The maximum Gasteiger partial charge on any atom is 0.262 e. The number of benzene rings is 2. The van der Waals surface area contributed by atoms with Crippen LogP contribution in [-0.2, 0) is 4.79 Å². The minimum Gasteiger partial charge on any atom is -0.482 e. The number of amides is 2. The van der Waals surface area contributed by atoms with Crippen LogP contribution < -0.4 is 20.3 Å². The lowest BCUT2D eigenvalue weighted by Gasteiger charge is -2.28. The van der Waals surface area contributed by atoms with Crippen LogP contribution in [0.3, 0.4) is 0 Å². The number of nitrogens with zero attached hydrogens (tertiary/aromatic N) is 1. The Morgan fingerprint density at radius 3 is 2.58 bits per heavy atom. The van der Waals surface area contributed by atoms with Gasteiger partial charge in [-0.3, -0.25) is 9.59 Å². The molecule has 0 aliphatic carbocycles. The van der Waals surface area contributed by atoms with Crippen LogP contribution in [0.15, 0.2) is 42.5 Å². The van der Waals surface area contributed by atoms with Crippen LogP contribution >= 0.6 is 0 Å². The molecule has 2 aromatic carbocycles. The molecule has 2 aliphatic heterocycles. The largest absolute Gasteiger partial charge is 0.482 e. The summed E-state index contributed by atoms with van der Waals surface area (Å²) in [4.78, 5) is 26.2. The number of hydrogen-bond donors (Lipinski definition) is 2. The molecular weight excluding hydrogens is 330 g/mol. The zero-order valence-electron chi connectivity index (χ0n) is 14.5. The third-order valence-corrected chi connectivity index (χ3v) is 4.72. The van der Waals surface area contributed by atoms with Crippen LogP contribution in [0.25, 0.3) is 0 Å². The topological polar surface area (TPSA) is 70.7 Å². The standard InChI is InChI=1S/C20H21N3O3/c24-19-13-26-18-12-15(6-9-17(18)22-19)21-20(25)14-4-7-16(8-5-14)23-10-2-1-3-11-23/h4-9,12H,1-3,10-11,13H2,(H,21,25)(H,22,24). The molecule has 2 amide bonds. The first-order chi connectivity index (χ1) is 12.7. The minimum atomic E-state index is -0.178. The number of fused-ring (bicyclic) bond motifs is 1. The van der Waals surface area contributed by atoms with Gasteiger partial charge in [0.25, 0.3) is 11.8 Å². The Hall–Kier alpha value is -3.02. The van der Waals surface area contributed by atoms with Gasteiger partial charge in [-0.2, -0.15) is 0 Å². The summed E-state index contributed by atoms with van der Waals surface area (Å²) in [5, 5.41) is 5.60. The third kappa shape index (κ3) is 3.49. The Bertz CT molecular complexity index is 827. The molecule has 2 aromatic rings. The second-order valence-corrected chi connectivity index (χ2v) is 6.60. The quantitative estimate of drug-likeness (QED) is 0.890. The molecule has 1 fully saturated rings. The molecular formula is C20H21N3O3. The van der Waals surface area contributed by atoms with Crippen LogP contribution in [0.2, 0.25) is 0 Å². The number of ether oxygens (including phenoxy) is 1. The lowest BCUT2D eigenvalue weighted by Crippen LogP contribution is -2.29. The van der Waals surface area contributed by atoms with Crippen LogP contribution in [0.5, 0.6) is 5.75 Å². The monoisotopic (exact) mass is 351 g/mol. The van der Waals surface area contributed by atoms with Crippen molar-refractivity contribution in [2.45, 2.75) is 19.3 Å². The Morgan fingerprint density at radius 1 is 1.04 bits per heavy atom. The SMILES string of the molecule is O=C1COc2cc(NC(=O)c3ccc(N4CCCCC4)cc3)ccc2N1. The normalized spacial score (nSPS) is 16.3. The minimum absolute atomic E-state index is 0.0115. The number of hydrogen-bond acceptors (Lipinski definition) is 4. The van der Waals surface area contributed by atoms with Gasteiger partial charge in [0, 0.05) is 36.1 Å². The molecule has 1 saturated heterocycles. The van der Waals surface area contributed by atoms with E-state index in [1.807, 2.05) is 24.3 Å². The third-order valence-electron chi connectivity index (χ3n) is 4.72. The van der Waals surface area contributed by atoms with E-state index in [9.17, 15) is 9.59 Å². The highest BCUT2D eigenvalue weighted by molar-refractivity contribution is 6.05. The Kier molecular flexibility index (Phi) is 4.48. The molecule has 0 spiro atoms. The first kappa shape index (κ1) is 16.4. The Labute approximate surface area is 152 Å². The van der Waals surface area contributed by atoms with Crippen molar-refractivity contribution in [3.8, 4) is 5.75 Å². The second kappa shape index (κ2) is 7.07. The van der Waals surface area contributed by atoms with Crippen molar-refractivity contribution in [3.05, 3.63) is 48.0 Å². The van der Waals surface area contributed by atoms with E-state index in [0.717, 1.165) is 13.1 Å². The molecule has 2 N–H and O–H groups in total. The van der Waals surface area contributed by atoms with E-state index in [-0.39, 0.29) is 18.4 Å². The summed E-state index contributed by atoms with van der Waals surface area (Å²) in [7, 11) is 0. The van der Waals surface area contributed by atoms with Crippen LogP contribution in [0.4, 0.5) is 17.1 Å². The smallest absolute Gasteiger partial charge is 0.262 e. The Morgan fingerprint density at radius 2 is 1.81 bits per heavy atom. The van der Waals surface area contributed by atoms with Gasteiger partial charge in [0.15, 0.2) is 6.61 Å². The fourth-order valence-electron chi connectivity index (χ4n) is 3.33. The molecule has 0 aromatic heterocycles. The first-order valence-corrected chi connectivity index (χ1v) is 8.92. The fraction of sp³-hybridized carbons (Fsp3) is 0.300. The molecule has 26 heavy (non-hydrogen) atoms. The highest BCUT2D eigenvalue weighted by Crippen LogP contribution is 2.30. The molecule has 4 rings (SSSR count). The summed E-state index contributed by atoms with van der Waals surface area (Å²) in [6.45, 7) is 2.15. The highest BCUT2D eigenvalue weighted by atomic mass is 16.5. The van der Waals surface area contributed by atoms with E-state index in [1.165, 1.54) is 24.9 Å². The van der Waals surface area contributed by atoms with Gasteiger partial charge in [0.2, 0.25) is 0 Å². The maximum atomic E-state index is 12.5. The predicted molar refractivity (Wildman–Crippen MR) is 101 cm³/mol. The molecule has 134 valence electrons. The number of rotatable bonds is 3. The van der Waals surface area contributed by atoms with Gasteiger partial charge < -0.3 is 20.3 Å². The summed E-state index contributed by atoms with van der Waals surface area (Å²) in [6.07, 6.45) is 3.75. The zero-order valence-corrected chi connectivity index (χ0v) is 14.5. The summed E-state index contributed by atoms with van der Waals surface area (Å²) in [6, 6.07) is 12.9. The average Bonchev–Trinajstić information content (AvgIpc) is 2.69. The number of anilines is 3. The van der Waals surface area contributed by atoms with E-state index in [4.69, 9.17) is 4.74 Å². The summed E-state index contributed by atoms with van der Waals surface area (Å²) >= 11 is 0. The van der Waals surface area contributed by atoms with Gasteiger partial charge in [-0.05, 0) is 55.7 Å². The molecule has 2 aliphatic rings. The van der Waals surface area contributed by atoms with E-state index >= 15 is 0 Å². The first-order valence-electron chi connectivity index (χ1n) is 8.92. The van der Waals surface area contributed by atoms with Gasteiger partial charge in [-0.1, -0.05) is 0 Å². The van der Waals surface area contributed by atoms with Crippen molar-refractivity contribution in [1.29, 1.82) is 0 Å². The lowest BCUT2D eigenvalue weighted by molar-refractivity contribution is -0.118. The summed E-state index contributed by atoms with van der Waals surface area (Å²) in [5.41, 5.74) is 3.02. The number of carbonyl (C=O) groups is 2. The summed E-state index contributed by atoms with van der Waals surface area (Å²) in [5.74, 6) is 0.209. The van der Waals surface area contributed by atoms with Crippen molar-refractivity contribution < 1.29 is 14.3 Å². The van der Waals surface area contributed by atoms with E-state index in [2.05, 4.69) is 15.5 Å². The second-order valence-electron chi connectivity index (χ2n) is 6.60. The average molecular weight is 351 g/mol. The highest BCUT2D eigenvalue weighted by Gasteiger charge is 2.17. The van der Waals surface area contributed by atoms with Crippen molar-refractivity contribution >= 4 is 28.9 Å². The molecule has 0 radical (unpaired) electrons. The van der Waals surface area contributed by atoms with Crippen molar-refractivity contribution in [2.75, 3.05) is 35.2 Å². The van der Waals surface area contributed by atoms with Gasteiger partial charge >= 0.3 is 0 Å². The molecule has 0 unspecified atom stereocenters. The van der Waals surface area contributed by atoms with Crippen molar-refractivity contribution in [1.82, 2.24) is 0 Å². The van der Waals surface area contributed by atoms with Crippen LogP contribution in [-0.4, -0.2) is 31.5 Å². The van der Waals surface area contributed by atoms with Gasteiger partial charge in [-0.15, -0.1) is 0 Å². The van der Waals surface area contributed by atoms with E-state index in [0.29, 0.717) is 22.7 Å². The summed E-state index contributed by atoms with van der Waals surface area (Å²) < 4.78 is 5.38. The molecule has 0 saturated carbocycles. The van der Waals surface area contributed by atoms with Crippen molar-refractivity contribution in [3.63, 3.8) is 0 Å². The fourth-order valence-corrected chi connectivity index (χ4v) is 3.33. The van der Waals surface area contributed by atoms with E-state index in [1.54, 1.807) is 18.2 Å². The number of nitrogens with one attached hydrogen (secondary N) is 2. The molecule has 0 atom stereocenters. The molecule has 6 heteroatoms. The maximum absolute atomic E-state index is 12.5. The Balaban J connectivity index is 1.44. The van der Waals surface area contributed by atoms with Crippen LogP contribution in [0, 0.1) is 0 Å². The molecule has 6 nitrogen and oxygen atoms in total. The zero-order chi connectivity index (χ0) is 17.9. The van der Waals surface area contributed by atoms with Crippen molar-refractivity contribution in [2.24, 2.45) is 0 Å². The van der Waals surface area contributed by atoms with Gasteiger partial charge in [-0.25, -0.2) is 0 Å². The number of piperidine rings is 1.